The zero-order chi connectivity index (χ0) is 15.5. The Kier molecular flexibility index (Phi) is 6.28. The summed E-state index contributed by atoms with van der Waals surface area (Å²) in [6, 6.07) is 0. The highest BCUT2D eigenvalue weighted by molar-refractivity contribution is 7.60. The molecule has 0 N–H and O–H groups in total. The lowest BCUT2D eigenvalue weighted by atomic mass is 9.89. The molecule has 0 aromatic heterocycles. The molecule has 0 saturated heterocycles. The Bertz CT molecular complexity index is 286. The lowest BCUT2D eigenvalue weighted by Gasteiger charge is -2.47. The van der Waals surface area contributed by atoms with Crippen LogP contribution in [0.2, 0.25) is 0 Å². The van der Waals surface area contributed by atoms with Gasteiger partial charge in [0.05, 0.1) is 0 Å². The standard InChI is InChI=1S/C21H39P/c1-16-7-4-10-19(13-16)22(20-11-5-8-17(2)14-20)21-12-6-9-18(3)15-21/h16-21H,4-15H2,1-3H3. The highest BCUT2D eigenvalue weighted by atomic mass is 31.1. The molecule has 1 heteroatoms. The summed E-state index contributed by atoms with van der Waals surface area (Å²) in [5.74, 6) is 3.06. The van der Waals surface area contributed by atoms with Gasteiger partial charge in [0.25, 0.3) is 0 Å². The Balaban J connectivity index is 1.74. The Morgan fingerprint density at radius 2 is 0.818 bits per heavy atom. The third-order valence-corrected chi connectivity index (χ3v) is 10.9. The molecule has 6 unspecified atom stereocenters. The summed E-state index contributed by atoms with van der Waals surface area (Å²) in [6.45, 7) is 7.60. The maximum atomic E-state index is 2.53. The molecule has 3 fully saturated rings. The van der Waals surface area contributed by atoms with Crippen LogP contribution in [-0.4, -0.2) is 17.0 Å². The van der Waals surface area contributed by atoms with E-state index in [1.165, 1.54) is 38.5 Å². The van der Waals surface area contributed by atoms with E-state index in [1.807, 2.05) is 0 Å². The first kappa shape index (κ1) is 17.3. The highest BCUT2D eigenvalue weighted by Gasteiger charge is 2.39. The van der Waals surface area contributed by atoms with Crippen molar-refractivity contribution in [3.8, 4) is 0 Å². The number of rotatable bonds is 3. The fourth-order valence-corrected chi connectivity index (χ4v) is 11.0. The van der Waals surface area contributed by atoms with E-state index in [-0.39, 0.29) is 0 Å². The highest BCUT2D eigenvalue weighted by Crippen LogP contribution is 2.62. The molecular weight excluding hydrogens is 283 g/mol. The third-order valence-electron chi connectivity index (χ3n) is 6.99. The maximum Gasteiger partial charge on any atom is -0.0202 e. The fourth-order valence-electron chi connectivity index (χ4n) is 5.91. The van der Waals surface area contributed by atoms with Crippen LogP contribution in [0.25, 0.3) is 0 Å². The van der Waals surface area contributed by atoms with Gasteiger partial charge in [-0.1, -0.05) is 67.2 Å². The van der Waals surface area contributed by atoms with Gasteiger partial charge in [-0.2, -0.15) is 0 Å². The molecule has 128 valence electrons. The zero-order valence-corrected chi connectivity index (χ0v) is 16.3. The molecule has 3 aliphatic carbocycles. The summed E-state index contributed by atoms with van der Waals surface area (Å²) in [5, 5.41) is 0. The smallest absolute Gasteiger partial charge is 0.0202 e. The van der Waals surface area contributed by atoms with Crippen LogP contribution >= 0.6 is 7.92 Å². The first-order chi connectivity index (χ1) is 10.6. The minimum Gasteiger partial charge on any atom is -0.0971 e. The van der Waals surface area contributed by atoms with Crippen molar-refractivity contribution < 1.29 is 0 Å². The predicted octanol–water partition coefficient (Wildman–Crippen LogP) is 7.20. The lowest BCUT2D eigenvalue weighted by molar-refractivity contribution is 0.354. The van der Waals surface area contributed by atoms with E-state index < -0.39 is 0 Å². The largest absolute Gasteiger partial charge is 0.0971 e. The van der Waals surface area contributed by atoms with E-state index in [0.29, 0.717) is 7.92 Å². The van der Waals surface area contributed by atoms with E-state index in [0.717, 1.165) is 34.7 Å². The minimum atomic E-state index is 0.305. The Hall–Kier alpha value is 0.430. The molecular formula is C21H39P. The summed E-state index contributed by atoms with van der Waals surface area (Å²) < 4.78 is 0. The van der Waals surface area contributed by atoms with E-state index in [2.05, 4.69) is 20.8 Å². The molecule has 0 aromatic carbocycles. The summed E-state index contributed by atoms with van der Waals surface area (Å²) in [7, 11) is 0.305. The second kappa shape index (κ2) is 8.00. The Morgan fingerprint density at radius 1 is 0.500 bits per heavy atom. The molecule has 0 amide bonds. The van der Waals surface area contributed by atoms with Gasteiger partial charge in [-0.15, -0.1) is 0 Å². The van der Waals surface area contributed by atoms with Gasteiger partial charge in [0, 0.05) is 0 Å². The fraction of sp³-hybridized carbons (Fsp3) is 1.00. The first-order valence-electron chi connectivity index (χ1n) is 10.4. The molecule has 3 saturated carbocycles. The minimum absolute atomic E-state index is 0.305. The SMILES string of the molecule is CC1CCCC(P(C2CCCC(C)C2)C2CCCC(C)C2)C1. The Morgan fingerprint density at radius 3 is 1.09 bits per heavy atom. The second-order valence-corrected chi connectivity index (χ2v) is 12.3. The summed E-state index contributed by atoms with van der Waals surface area (Å²) in [6.07, 6.45) is 18.7. The number of hydrogen-bond donors (Lipinski definition) is 0. The monoisotopic (exact) mass is 322 g/mol. The van der Waals surface area contributed by atoms with Crippen molar-refractivity contribution in [1.29, 1.82) is 0 Å². The van der Waals surface area contributed by atoms with Crippen LogP contribution in [0.15, 0.2) is 0 Å². The van der Waals surface area contributed by atoms with Gasteiger partial charge in [-0.3, -0.25) is 0 Å². The van der Waals surface area contributed by atoms with Crippen molar-refractivity contribution in [2.45, 2.75) is 115 Å². The topological polar surface area (TPSA) is 0 Å². The van der Waals surface area contributed by atoms with Crippen molar-refractivity contribution in [2.24, 2.45) is 17.8 Å². The molecule has 0 heterocycles. The third kappa shape index (κ3) is 4.28. The van der Waals surface area contributed by atoms with Crippen LogP contribution in [0.1, 0.15) is 97.8 Å². The predicted molar refractivity (Wildman–Crippen MR) is 101 cm³/mol. The van der Waals surface area contributed by atoms with E-state index >= 15 is 0 Å². The molecule has 0 spiro atoms. The van der Waals surface area contributed by atoms with Crippen LogP contribution in [0.4, 0.5) is 0 Å². The maximum absolute atomic E-state index is 2.53. The van der Waals surface area contributed by atoms with Gasteiger partial charge in [0.1, 0.15) is 0 Å². The van der Waals surface area contributed by atoms with Crippen LogP contribution in [0.3, 0.4) is 0 Å². The van der Waals surface area contributed by atoms with Crippen molar-refractivity contribution in [3.05, 3.63) is 0 Å². The summed E-state index contributed by atoms with van der Waals surface area (Å²) in [4.78, 5) is 0. The van der Waals surface area contributed by atoms with Crippen molar-refractivity contribution >= 4 is 7.92 Å². The Labute approximate surface area is 141 Å². The molecule has 0 aromatic rings. The molecule has 0 aliphatic heterocycles. The van der Waals surface area contributed by atoms with Gasteiger partial charge in [-0.05, 0) is 73.3 Å². The normalized spacial score (nSPS) is 45.4. The second-order valence-electron chi connectivity index (χ2n) is 9.22. The van der Waals surface area contributed by atoms with Gasteiger partial charge >= 0.3 is 0 Å². The van der Waals surface area contributed by atoms with Crippen LogP contribution < -0.4 is 0 Å². The average molecular weight is 323 g/mol. The van der Waals surface area contributed by atoms with E-state index in [1.54, 1.807) is 38.5 Å². The first-order valence-corrected chi connectivity index (χ1v) is 12.0. The number of hydrogen-bond acceptors (Lipinski definition) is 0. The van der Waals surface area contributed by atoms with Gasteiger partial charge < -0.3 is 0 Å². The molecule has 6 atom stereocenters. The van der Waals surface area contributed by atoms with Crippen molar-refractivity contribution in [2.75, 3.05) is 0 Å². The van der Waals surface area contributed by atoms with Crippen molar-refractivity contribution in [1.82, 2.24) is 0 Å². The molecule has 0 radical (unpaired) electrons. The summed E-state index contributed by atoms with van der Waals surface area (Å²) in [5.41, 5.74) is 3.43. The lowest BCUT2D eigenvalue weighted by Crippen LogP contribution is -2.32. The zero-order valence-electron chi connectivity index (χ0n) is 15.4. The van der Waals surface area contributed by atoms with Gasteiger partial charge in [0.2, 0.25) is 0 Å². The van der Waals surface area contributed by atoms with Crippen LogP contribution in [0, 0.1) is 17.8 Å². The molecule has 0 bridgehead atoms. The quantitative estimate of drug-likeness (QED) is 0.482. The van der Waals surface area contributed by atoms with Gasteiger partial charge in [0.15, 0.2) is 0 Å². The molecule has 3 aliphatic rings. The van der Waals surface area contributed by atoms with Crippen LogP contribution in [0.5, 0.6) is 0 Å². The van der Waals surface area contributed by atoms with E-state index in [9.17, 15) is 0 Å². The molecule has 22 heavy (non-hydrogen) atoms. The molecule has 0 nitrogen and oxygen atoms in total. The average Bonchev–Trinajstić information content (AvgIpc) is 2.48. The van der Waals surface area contributed by atoms with Crippen LogP contribution in [-0.2, 0) is 0 Å². The summed E-state index contributed by atoms with van der Waals surface area (Å²) >= 11 is 0. The van der Waals surface area contributed by atoms with E-state index in [4.69, 9.17) is 0 Å². The van der Waals surface area contributed by atoms with Crippen molar-refractivity contribution in [3.63, 3.8) is 0 Å². The van der Waals surface area contributed by atoms with Gasteiger partial charge in [-0.25, -0.2) is 0 Å². The molecule has 3 rings (SSSR count).